The Bertz CT molecular complexity index is 457. The van der Waals surface area contributed by atoms with Gasteiger partial charge in [-0.05, 0) is 19.8 Å². The molecule has 26 heavy (non-hydrogen) atoms. The molecule has 0 bridgehead atoms. The molecule has 7 nitrogen and oxygen atoms in total. The molecule has 0 aliphatic rings. The lowest BCUT2D eigenvalue weighted by molar-refractivity contribution is -0.145. The third kappa shape index (κ3) is 13.6. The van der Waals surface area contributed by atoms with E-state index in [1.165, 1.54) is 0 Å². The average Bonchev–Trinajstić information content (AvgIpc) is 2.57. The maximum atomic E-state index is 11.5. The van der Waals surface area contributed by atoms with Crippen molar-refractivity contribution in [3.8, 4) is 0 Å². The predicted octanol–water partition coefficient (Wildman–Crippen LogP) is 2.30. The maximum Gasteiger partial charge on any atom is 0.333 e. The van der Waals surface area contributed by atoms with Gasteiger partial charge in [-0.15, -0.1) is 0 Å². The lowest BCUT2D eigenvalue weighted by atomic mass is 10.2. The van der Waals surface area contributed by atoms with Gasteiger partial charge < -0.3 is 23.7 Å². The van der Waals surface area contributed by atoms with Crippen molar-refractivity contribution < 1.29 is 33.3 Å². The molecular formula is C19H32O7. The van der Waals surface area contributed by atoms with Crippen LogP contribution in [-0.2, 0) is 33.3 Å². The smallest absolute Gasteiger partial charge is 0.333 e. The van der Waals surface area contributed by atoms with Crippen LogP contribution in [0, 0.1) is 5.92 Å². The zero-order valence-corrected chi connectivity index (χ0v) is 16.4. The van der Waals surface area contributed by atoms with Crippen LogP contribution >= 0.6 is 0 Å². The van der Waals surface area contributed by atoms with Crippen molar-refractivity contribution in [3.05, 3.63) is 24.3 Å². The van der Waals surface area contributed by atoms with Gasteiger partial charge in [-0.3, -0.25) is 0 Å². The molecule has 0 aromatic heterocycles. The third-order valence-electron chi connectivity index (χ3n) is 2.90. The summed E-state index contributed by atoms with van der Waals surface area (Å²) in [5, 5.41) is 0. The van der Waals surface area contributed by atoms with Crippen LogP contribution in [0.3, 0.4) is 0 Å². The number of rotatable bonds is 15. The van der Waals surface area contributed by atoms with Gasteiger partial charge in [0.05, 0.1) is 26.4 Å². The van der Waals surface area contributed by atoms with E-state index in [1.54, 1.807) is 13.8 Å². The summed E-state index contributed by atoms with van der Waals surface area (Å²) in [5.74, 6) is -0.519. The van der Waals surface area contributed by atoms with Crippen LogP contribution in [0.15, 0.2) is 24.3 Å². The van der Waals surface area contributed by atoms with Crippen molar-refractivity contribution in [2.24, 2.45) is 5.92 Å². The van der Waals surface area contributed by atoms with Crippen molar-refractivity contribution in [2.75, 3.05) is 46.2 Å². The highest BCUT2D eigenvalue weighted by Crippen LogP contribution is 2.03. The van der Waals surface area contributed by atoms with E-state index in [1.807, 2.05) is 13.8 Å². The molecule has 0 heterocycles. The highest BCUT2D eigenvalue weighted by Gasteiger charge is 2.14. The molecule has 150 valence electrons. The SMILES string of the molecule is C=C(C)C(=O)OCCOCCOCC(COC(=O)C(=C)C)OCC(C)C. The Balaban J connectivity index is 3.90. The van der Waals surface area contributed by atoms with Gasteiger partial charge in [0.15, 0.2) is 0 Å². The molecule has 0 aliphatic carbocycles. The number of hydrogen-bond donors (Lipinski definition) is 0. The van der Waals surface area contributed by atoms with E-state index < -0.39 is 11.9 Å². The molecule has 0 amide bonds. The van der Waals surface area contributed by atoms with Crippen LogP contribution in [0.1, 0.15) is 27.7 Å². The second kappa shape index (κ2) is 14.5. The minimum atomic E-state index is -0.448. The first-order valence-corrected chi connectivity index (χ1v) is 8.66. The van der Waals surface area contributed by atoms with Gasteiger partial charge in [0.25, 0.3) is 0 Å². The lowest BCUT2D eigenvalue weighted by Gasteiger charge is -2.19. The van der Waals surface area contributed by atoms with Crippen molar-refractivity contribution in [2.45, 2.75) is 33.8 Å². The van der Waals surface area contributed by atoms with Crippen molar-refractivity contribution in [1.29, 1.82) is 0 Å². The van der Waals surface area contributed by atoms with E-state index in [2.05, 4.69) is 13.2 Å². The second-order valence-electron chi connectivity index (χ2n) is 6.33. The molecule has 0 aromatic carbocycles. The van der Waals surface area contributed by atoms with E-state index >= 15 is 0 Å². The number of ether oxygens (including phenoxy) is 5. The molecule has 0 fully saturated rings. The fourth-order valence-corrected chi connectivity index (χ4v) is 1.52. The zero-order chi connectivity index (χ0) is 19.9. The number of carbonyl (C=O) groups excluding carboxylic acids is 2. The molecule has 0 aromatic rings. The van der Waals surface area contributed by atoms with Crippen LogP contribution in [0.2, 0.25) is 0 Å². The summed E-state index contributed by atoms with van der Waals surface area (Å²) < 4.78 is 26.5. The first kappa shape index (κ1) is 24.3. The van der Waals surface area contributed by atoms with Crippen LogP contribution < -0.4 is 0 Å². The zero-order valence-electron chi connectivity index (χ0n) is 16.4. The Labute approximate surface area is 156 Å². The normalized spacial score (nSPS) is 11.9. The molecule has 7 heteroatoms. The summed E-state index contributed by atoms with van der Waals surface area (Å²) in [6.45, 7) is 16.4. The average molecular weight is 372 g/mol. The molecule has 0 aliphatic heterocycles. The molecule has 0 spiro atoms. The Hall–Kier alpha value is -1.70. The van der Waals surface area contributed by atoms with E-state index in [0.717, 1.165) is 0 Å². The minimum Gasteiger partial charge on any atom is -0.460 e. The molecule has 0 saturated heterocycles. The summed E-state index contributed by atoms with van der Waals surface area (Å²) in [4.78, 5) is 22.6. The molecule has 0 saturated carbocycles. The predicted molar refractivity (Wildman–Crippen MR) is 97.8 cm³/mol. The van der Waals surface area contributed by atoms with Gasteiger partial charge in [-0.25, -0.2) is 9.59 Å². The van der Waals surface area contributed by atoms with Crippen molar-refractivity contribution in [1.82, 2.24) is 0 Å². The summed E-state index contributed by atoms with van der Waals surface area (Å²) in [7, 11) is 0. The molecule has 0 N–H and O–H groups in total. The van der Waals surface area contributed by atoms with Gasteiger partial charge in [-0.1, -0.05) is 27.0 Å². The number of esters is 2. The summed E-state index contributed by atoms with van der Waals surface area (Å²) in [5.41, 5.74) is 0.697. The van der Waals surface area contributed by atoms with Gasteiger partial charge >= 0.3 is 11.9 Å². The third-order valence-corrected chi connectivity index (χ3v) is 2.90. The lowest BCUT2D eigenvalue weighted by Crippen LogP contribution is -2.29. The van der Waals surface area contributed by atoms with E-state index in [4.69, 9.17) is 23.7 Å². The van der Waals surface area contributed by atoms with Crippen LogP contribution in [-0.4, -0.2) is 64.3 Å². The largest absolute Gasteiger partial charge is 0.460 e. The monoisotopic (exact) mass is 372 g/mol. The van der Waals surface area contributed by atoms with Gasteiger partial charge in [0.1, 0.15) is 19.3 Å². The fourth-order valence-electron chi connectivity index (χ4n) is 1.52. The van der Waals surface area contributed by atoms with Gasteiger partial charge in [0.2, 0.25) is 0 Å². The quantitative estimate of drug-likeness (QED) is 0.248. The molecule has 1 atom stereocenters. The fraction of sp³-hybridized carbons (Fsp3) is 0.684. The van der Waals surface area contributed by atoms with Gasteiger partial charge in [0, 0.05) is 17.8 Å². The van der Waals surface area contributed by atoms with E-state index in [-0.39, 0.29) is 32.5 Å². The standard InChI is InChI=1S/C19H32O7/c1-14(2)11-25-17(13-26-19(21)16(5)6)12-23-8-7-22-9-10-24-18(20)15(3)4/h14,17H,3,5,7-13H2,1-2,4,6H3. The second-order valence-corrected chi connectivity index (χ2v) is 6.33. The Kier molecular flexibility index (Phi) is 13.5. The minimum absolute atomic E-state index is 0.107. The molecule has 1 unspecified atom stereocenters. The molecule has 0 radical (unpaired) electrons. The van der Waals surface area contributed by atoms with Crippen LogP contribution in [0.5, 0.6) is 0 Å². The van der Waals surface area contributed by atoms with Gasteiger partial charge in [-0.2, -0.15) is 0 Å². The first-order valence-electron chi connectivity index (χ1n) is 8.66. The molecular weight excluding hydrogens is 340 g/mol. The van der Waals surface area contributed by atoms with Crippen molar-refractivity contribution >= 4 is 11.9 Å². The van der Waals surface area contributed by atoms with Crippen LogP contribution in [0.4, 0.5) is 0 Å². The highest BCUT2D eigenvalue weighted by atomic mass is 16.6. The maximum absolute atomic E-state index is 11.5. The first-order chi connectivity index (χ1) is 12.2. The topological polar surface area (TPSA) is 80.3 Å². The molecule has 0 rings (SSSR count). The van der Waals surface area contributed by atoms with E-state index in [0.29, 0.717) is 36.9 Å². The number of carbonyl (C=O) groups is 2. The Morgan fingerprint density at radius 3 is 1.88 bits per heavy atom. The Morgan fingerprint density at radius 2 is 1.31 bits per heavy atom. The number of hydrogen-bond acceptors (Lipinski definition) is 7. The highest BCUT2D eigenvalue weighted by molar-refractivity contribution is 5.87. The Morgan fingerprint density at radius 1 is 0.769 bits per heavy atom. The van der Waals surface area contributed by atoms with Crippen molar-refractivity contribution in [3.63, 3.8) is 0 Å². The summed E-state index contributed by atoms with van der Waals surface area (Å²) in [6, 6.07) is 0. The summed E-state index contributed by atoms with van der Waals surface area (Å²) >= 11 is 0. The summed E-state index contributed by atoms with van der Waals surface area (Å²) in [6.07, 6.45) is -0.350. The van der Waals surface area contributed by atoms with E-state index in [9.17, 15) is 9.59 Å². The van der Waals surface area contributed by atoms with Crippen LogP contribution in [0.25, 0.3) is 0 Å².